The minimum absolute atomic E-state index is 0.524. The van der Waals surface area contributed by atoms with E-state index < -0.39 is 0 Å². The standard InChI is InChI=1S/C15H15BrO2/c1-12-7-8-15(14(16)11-12)18-10-9-17-13-5-3-2-4-6-13/h2-8,11H,9-10H2,1H3. The lowest BCUT2D eigenvalue weighted by Crippen LogP contribution is -2.09. The summed E-state index contributed by atoms with van der Waals surface area (Å²) in [7, 11) is 0. The van der Waals surface area contributed by atoms with Crippen molar-refractivity contribution in [3.05, 3.63) is 58.6 Å². The smallest absolute Gasteiger partial charge is 0.133 e. The largest absolute Gasteiger partial charge is 0.490 e. The van der Waals surface area contributed by atoms with E-state index in [1.807, 2.05) is 55.5 Å². The molecule has 0 fully saturated rings. The molecule has 2 rings (SSSR count). The normalized spacial score (nSPS) is 10.1. The van der Waals surface area contributed by atoms with Crippen molar-refractivity contribution in [1.82, 2.24) is 0 Å². The van der Waals surface area contributed by atoms with Gasteiger partial charge < -0.3 is 9.47 Å². The lowest BCUT2D eigenvalue weighted by molar-refractivity contribution is 0.216. The van der Waals surface area contributed by atoms with E-state index in [1.165, 1.54) is 5.56 Å². The summed E-state index contributed by atoms with van der Waals surface area (Å²) >= 11 is 3.48. The van der Waals surface area contributed by atoms with Crippen LogP contribution in [0.5, 0.6) is 11.5 Å². The monoisotopic (exact) mass is 306 g/mol. The van der Waals surface area contributed by atoms with Crippen LogP contribution in [0.3, 0.4) is 0 Å². The van der Waals surface area contributed by atoms with Crippen LogP contribution in [0.1, 0.15) is 5.56 Å². The number of halogens is 1. The van der Waals surface area contributed by atoms with Crippen LogP contribution in [0.4, 0.5) is 0 Å². The molecule has 18 heavy (non-hydrogen) atoms. The Hall–Kier alpha value is -1.48. The summed E-state index contributed by atoms with van der Waals surface area (Å²) in [4.78, 5) is 0. The summed E-state index contributed by atoms with van der Waals surface area (Å²) in [5, 5.41) is 0. The van der Waals surface area contributed by atoms with E-state index in [1.54, 1.807) is 0 Å². The Bertz CT molecular complexity index is 497. The van der Waals surface area contributed by atoms with Crippen molar-refractivity contribution >= 4 is 15.9 Å². The lowest BCUT2D eigenvalue weighted by atomic mass is 10.2. The Morgan fingerprint density at radius 1 is 0.944 bits per heavy atom. The summed E-state index contributed by atoms with van der Waals surface area (Å²) in [5.74, 6) is 1.71. The van der Waals surface area contributed by atoms with E-state index in [0.717, 1.165) is 16.0 Å². The van der Waals surface area contributed by atoms with E-state index in [9.17, 15) is 0 Å². The maximum Gasteiger partial charge on any atom is 0.133 e. The van der Waals surface area contributed by atoms with E-state index in [4.69, 9.17) is 9.47 Å². The number of para-hydroxylation sites is 1. The molecule has 0 aromatic heterocycles. The van der Waals surface area contributed by atoms with Crippen LogP contribution < -0.4 is 9.47 Å². The molecule has 0 saturated heterocycles. The first-order chi connectivity index (χ1) is 8.75. The first-order valence-corrected chi connectivity index (χ1v) is 6.62. The van der Waals surface area contributed by atoms with Crippen molar-refractivity contribution in [2.75, 3.05) is 13.2 Å². The second-order valence-electron chi connectivity index (χ2n) is 3.94. The molecule has 0 atom stereocenters. The van der Waals surface area contributed by atoms with Gasteiger partial charge in [-0.3, -0.25) is 0 Å². The van der Waals surface area contributed by atoms with Crippen LogP contribution >= 0.6 is 15.9 Å². The summed E-state index contributed by atoms with van der Waals surface area (Å²) < 4.78 is 12.2. The van der Waals surface area contributed by atoms with Gasteiger partial charge in [0, 0.05) is 0 Å². The number of hydrogen-bond donors (Lipinski definition) is 0. The third-order valence-corrected chi connectivity index (χ3v) is 3.06. The number of rotatable bonds is 5. The molecule has 0 bridgehead atoms. The number of ether oxygens (including phenoxy) is 2. The van der Waals surface area contributed by atoms with Crippen LogP contribution in [-0.2, 0) is 0 Å². The lowest BCUT2D eigenvalue weighted by Gasteiger charge is -2.10. The Morgan fingerprint density at radius 3 is 2.39 bits per heavy atom. The third kappa shape index (κ3) is 3.77. The molecule has 0 aliphatic rings. The first kappa shape index (κ1) is 13.0. The topological polar surface area (TPSA) is 18.5 Å². The van der Waals surface area contributed by atoms with Crippen LogP contribution in [0.15, 0.2) is 53.0 Å². The molecule has 2 aromatic carbocycles. The fraction of sp³-hybridized carbons (Fsp3) is 0.200. The average molecular weight is 307 g/mol. The van der Waals surface area contributed by atoms with Gasteiger partial charge in [-0.1, -0.05) is 24.3 Å². The summed E-state index contributed by atoms with van der Waals surface area (Å²) in [6, 6.07) is 15.8. The van der Waals surface area contributed by atoms with Gasteiger partial charge in [-0.25, -0.2) is 0 Å². The van der Waals surface area contributed by atoms with Crippen LogP contribution in [0.2, 0.25) is 0 Å². The molecule has 0 spiro atoms. The molecule has 0 heterocycles. The molecule has 0 aliphatic carbocycles. The highest BCUT2D eigenvalue weighted by molar-refractivity contribution is 9.10. The summed E-state index contributed by atoms with van der Waals surface area (Å²) in [6.45, 7) is 3.11. The van der Waals surface area contributed by atoms with E-state index >= 15 is 0 Å². The van der Waals surface area contributed by atoms with Crippen molar-refractivity contribution < 1.29 is 9.47 Å². The zero-order valence-electron chi connectivity index (χ0n) is 10.2. The molecular weight excluding hydrogens is 292 g/mol. The molecule has 2 nitrogen and oxygen atoms in total. The average Bonchev–Trinajstić information content (AvgIpc) is 2.38. The molecule has 3 heteroatoms. The van der Waals surface area contributed by atoms with Crippen molar-refractivity contribution in [2.45, 2.75) is 6.92 Å². The van der Waals surface area contributed by atoms with Gasteiger partial charge in [-0.15, -0.1) is 0 Å². The summed E-state index contributed by atoms with van der Waals surface area (Å²) in [6.07, 6.45) is 0. The minimum Gasteiger partial charge on any atom is -0.490 e. The molecular formula is C15H15BrO2. The molecule has 0 aliphatic heterocycles. The quantitative estimate of drug-likeness (QED) is 0.770. The zero-order valence-corrected chi connectivity index (χ0v) is 11.8. The van der Waals surface area contributed by atoms with Gasteiger partial charge in [-0.05, 0) is 52.7 Å². The van der Waals surface area contributed by atoms with Crippen LogP contribution in [0, 0.1) is 6.92 Å². The van der Waals surface area contributed by atoms with Crippen LogP contribution in [-0.4, -0.2) is 13.2 Å². The summed E-state index contributed by atoms with van der Waals surface area (Å²) in [5.41, 5.74) is 1.20. The van der Waals surface area contributed by atoms with Crippen molar-refractivity contribution in [2.24, 2.45) is 0 Å². The van der Waals surface area contributed by atoms with Crippen molar-refractivity contribution in [1.29, 1.82) is 0 Å². The van der Waals surface area contributed by atoms with E-state index in [-0.39, 0.29) is 0 Å². The highest BCUT2D eigenvalue weighted by Gasteiger charge is 2.00. The Morgan fingerprint density at radius 2 is 1.67 bits per heavy atom. The minimum atomic E-state index is 0.524. The SMILES string of the molecule is Cc1ccc(OCCOc2ccccc2)c(Br)c1. The van der Waals surface area contributed by atoms with Crippen molar-refractivity contribution in [3.63, 3.8) is 0 Å². The van der Waals surface area contributed by atoms with Gasteiger partial charge in [0.15, 0.2) is 0 Å². The maximum atomic E-state index is 5.64. The number of hydrogen-bond acceptors (Lipinski definition) is 2. The number of benzene rings is 2. The van der Waals surface area contributed by atoms with Gasteiger partial charge >= 0.3 is 0 Å². The number of aryl methyl sites for hydroxylation is 1. The Labute approximate surface area is 116 Å². The molecule has 0 unspecified atom stereocenters. The van der Waals surface area contributed by atoms with Gasteiger partial charge in [0.05, 0.1) is 4.47 Å². The van der Waals surface area contributed by atoms with Crippen LogP contribution in [0.25, 0.3) is 0 Å². The zero-order chi connectivity index (χ0) is 12.8. The van der Waals surface area contributed by atoms with Gasteiger partial charge in [-0.2, -0.15) is 0 Å². The molecule has 0 radical (unpaired) electrons. The highest BCUT2D eigenvalue weighted by Crippen LogP contribution is 2.25. The Kier molecular flexibility index (Phi) is 4.65. The maximum absolute atomic E-state index is 5.64. The second kappa shape index (κ2) is 6.45. The first-order valence-electron chi connectivity index (χ1n) is 5.82. The van der Waals surface area contributed by atoms with Gasteiger partial charge in [0.25, 0.3) is 0 Å². The molecule has 2 aromatic rings. The Balaban J connectivity index is 1.79. The van der Waals surface area contributed by atoms with E-state index in [2.05, 4.69) is 15.9 Å². The second-order valence-corrected chi connectivity index (χ2v) is 4.80. The molecule has 0 N–H and O–H groups in total. The van der Waals surface area contributed by atoms with E-state index in [0.29, 0.717) is 13.2 Å². The fourth-order valence-corrected chi connectivity index (χ4v) is 2.16. The molecule has 0 amide bonds. The predicted octanol–water partition coefficient (Wildman–Crippen LogP) is 4.22. The molecule has 94 valence electrons. The van der Waals surface area contributed by atoms with Gasteiger partial charge in [0.1, 0.15) is 24.7 Å². The molecule has 0 saturated carbocycles. The van der Waals surface area contributed by atoms with Gasteiger partial charge in [0.2, 0.25) is 0 Å². The highest BCUT2D eigenvalue weighted by atomic mass is 79.9. The third-order valence-electron chi connectivity index (χ3n) is 2.44. The predicted molar refractivity (Wildman–Crippen MR) is 76.3 cm³/mol. The fourth-order valence-electron chi connectivity index (χ4n) is 1.55. The van der Waals surface area contributed by atoms with Crippen molar-refractivity contribution in [3.8, 4) is 11.5 Å².